The number of carbonyl (C=O) groups excluding carboxylic acids is 5. The first-order chi connectivity index (χ1) is 37.0. The molecule has 0 fully saturated rings. The fourth-order valence-corrected chi connectivity index (χ4v) is 10.2. The Hall–Kier alpha value is -8.95. The highest BCUT2D eigenvalue weighted by Gasteiger charge is 2.47. The van der Waals surface area contributed by atoms with Crippen molar-refractivity contribution in [2.24, 2.45) is 0 Å². The van der Waals surface area contributed by atoms with Crippen molar-refractivity contribution in [3.8, 4) is 12.1 Å². The lowest BCUT2D eigenvalue weighted by Gasteiger charge is -2.34. The second-order valence-corrected chi connectivity index (χ2v) is 20.3. The van der Waals surface area contributed by atoms with Crippen molar-refractivity contribution in [3.63, 3.8) is 0 Å². The molecule has 0 bridgehead atoms. The van der Waals surface area contributed by atoms with E-state index in [1.165, 1.54) is 58.3 Å². The molecule has 5 aromatic rings. The zero-order chi connectivity index (χ0) is 55.8. The highest BCUT2D eigenvalue weighted by atomic mass is 19.4. The quantitative estimate of drug-likeness (QED) is 0.0778. The monoisotopic (exact) mass is 1070 g/mol. The van der Waals surface area contributed by atoms with Gasteiger partial charge >= 0.3 is 24.4 Å². The summed E-state index contributed by atoms with van der Waals surface area (Å²) < 4.78 is 84.4. The van der Waals surface area contributed by atoms with E-state index < -0.39 is 59.4 Å². The Labute approximate surface area is 445 Å². The lowest BCUT2D eigenvalue weighted by molar-refractivity contribution is -0.884. The summed E-state index contributed by atoms with van der Waals surface area (Å²) in [5, 5.41) is 24.4. The van der Waals surface area contributed by atoms with Crippen LogP contribution in [0.4, 0.5) is 47.3 Å². The van der Waals surface area contributed by atoms with Crippen LogP contribution in [0.5, 0.6) is 0 Å². The highest BCUT2D eigenvalue weighted by Crippen LogP contribution is 2.42. The fourth-order valence-electron chi connectivity index (χ4n) is 10.2. The number of rotatable bonds is 15. The predicted molar refractivity (Wildman–Crippen MR) is 273 cm³/mol. The Balaban J connectivity index is 0.965. The maximum Gasteiger partial charge on any atom is 0.416 e. The van der Waals surface area contributed by atoms with E-state index in [2.05, 4.69) is 10.6 Å². The van der Waals surface area contributed by atoms with Crippen molar-refractivity contribution >= 4 is 41.2 Å². The molecule has 5 aromatic carbocycles. The third-order valence-corrected chi connectivity index (χ3v) is 13.9. The maximum atomic E-state index is 14.6. The lowest BCUT2D eigenvalue weighted by Crippen LogP contribution is -2.47. The van der Waals surface area contributed by atoms with Gasteiger partial charge in [-0.15, -0.1) is 0 Å². The van der Waals surface area contributed by atoms with Gasteiger partial charge in [0.2, 0.25) is 0 Å². The minimum Gasteiger partial charge on any atom is -0.339 e. The SMILES string of the molecule is C[N+](C)(C)Cc1ccc(C(=O)N(CCCN2CC3=C(C2=O)C(c2ccc(C#N)cc2)NC(=O)N3c2cccc(C(F)(F)F)c2)CCCN2CC3=C(C2=O)C(c2ccc(C#N)cc2)NC(=O)N3c2cccc(C(F)(F)F)c2)cc1. The third-order valence-electron chi connectivity index (χ3n) is 13.9. The Morgan fingerprint density at radius 1 is 0.615 bits per heavy atom. The van der Waals surface area contributed by atoms with Gasteiger partial charge in [0.15, 0.2) is 0 Å². The average molecular weight is 1070 g/mol. The van der Waals surface area contributed by atoms with Gasteiger partial charge in [-0.2, -0.15) is 36.9 Å². The topological polar surface area (TPSA) is 173 Å². The molecule has 4 heterocycles. The van der Waals surface area contributed by atoms with Crippen LogP contribution in [0, 0.1) is 22.7 Å². The summed E-state index contributed by atoms with van der Waals surface area (Å²) in [5.41, 5.74) is 1.25. The minimum atomic E-state index is -4.73. The number of halogens is 6. The van der Waals surface area contributed by atoms with Crippen LogP contribution in [0.15, 0.2) is 144 Å². The number of hydrogen-bond acceptors (Lipinski definition) is 7. The molecule has 4 aliphatic rings. The van der Waals surface area contributed by atoms with Gasteiger partial charge in [0.1, 0.15) is 6.54 Å². The van der Waals surface area contributed by atoms with Gasteiger partial charge in [-0.3, -0.25) is 24.2 Å². The van der Waals surface area contributed by atoms with Crippen LogP contribution >= 0.6 is 0 Å². The van der Waals surface area contributed by atoms with E-state index >= 15 is 0 Å². The lowest BCUT2D eigenvalue weighted by atomic mass is 9.94. The molecule has 4 aliphatic heterocycles. The third kappa shape index (κ3) is 11.1. The summed E-state index contributed by atoms with van der Waals surface area (Å²) in [4.78, 5) is 78.1. The van der Waals surface area contributed by atoms with Crippen molar-refractivity contribution in [2.45, 2.75) is 43.8 Å². The average Bonchev–Trinajstić information content (AvgIpc) is 4.13. The molecule has 0 aromatic heterocycles. The van der Waals surface area contributed by atoms with Gasteiger partial charge in [0.25, 0.3) is 17.7 Å². The van der Waals surface area contributed by atoms with Crippen LogP contribution in [-0.2, 0) is 28.5 Å². The van der Waals surface area contributed by atoms with Crippen molar-refractivity contribution in [2.75, 3.05) is 70.2 Å². The van der Waals surface area contributed by atoms with Gasteiger partial charge in [0.05, 0.1) is 115 Å². The number of hydrogen-bond donors (Lipinski definition) is 2. The number of alkyl halides is 6. The van der Waals surface area contributed by atoms with Crippen LogP contribution in [-0.4, -0.2) is 109 Å². The first-order valence-electron chi connectivity index (χ1n) is 24.8. The minimum absolute atomic E-state index is 0.0349. The maximum absolute atomic E-state index is 14.6. The summed E-state index contributed by atoms with van der Waals surface area (Å²) in [6.45, 7) is 0.567. The van der Waals surface area contributed by atoms with Gasteiger partial charge in [-0.25, -0.2) is 9.59 Å². The molecule has 0 saturated carbocycles. The van der Waals surface area contributed by atoms with E-state index in [4.69, 9.17) is 0 Å². The van der Waals surface area contributed by atoms with Crippen molar-refractivity contribution in [3.05, 3.63) is 188 Å². The van der Waals surface area contributed by atoms with E-state index in [9.17, 15) is 60.8 Å². The van der Waals surface area contributed by atoms with Gasteiger partial charge in [0, 0.05) is 37.3 Å². The number of nitriles is 2. The van der Waals surface area contributed by atoms with E-state index in [1.54, 1.807) is 41.3 Å². The zero-order valence-corrected chi connectivity index (χ0v) is 42.5. The second-order valence-electron chi connectivity index (χ2n) is 20.3. The molecule has 2 unspecified atom stereocenters. The number of amides is 7. The number of urea groups is 2. The first kappa shape index (κ1) is 53.9. The zero-order valence-electron chi connectivity index (χ0n) is 42.5. The largest absolute Gasteiger partial charge is 0.416 e. The standard InChI is InChI=1S/C57H50F6N10O5/c1-73(2,3)34-37-16-22-40(23-17-37)51(74)68(24-6-26-69-32-45-47(52(69)75)49(38-18-12-35(30-64)13-19-38)66-54(77)71(45)43-10-4-8-41(28-43)56(58,59)60)25-7-27-70-33-46-48(53(70)76)50(39-20-14-36(31-65)15-21-39)67-55(78)72(46)44-11-5-9-42(29-44)57(61,62)63/h4-5,8-23,28-29,49-50H,6-7,24-27,32-34H2,1-3H3,(H-,66,67,77,78)/p+1. The molecule has 400 valence electrons. The molecule has 2 N–H and O–H groups in total. The molecule has 0 saturated heterocycles. The summed E-state index contributed by atoms with van der Waals surface area (Å²) in [5.74, 6) is -1.37. The Kier molecular flexibility index (Phi) is 14.7. The summed E-state index contributed by atoms with van der Waals surface area (Å²) in [7, 11) is 6.09. The molecular weight excluding hydrogens is 1020 g/mol. The molecular formula is C57H51F6N10O5+. The number of nitrogens with one attached hydrogen (secondary N) is 2. The molecule has 9 rings (SSSR count). The number of quaternary nitrogens is 1. The second kappa shape index (κ2) is 21.2. The molecule has 78 heavy (non-hydrogen) atoms. The van der Waals surface area contributed by atoms with E-state index in [0.29, 0.717) is 38.8 Å². The summed E-state index contributed by atoms with van der Waals surface area (Å²) in [6.07, 6.45) is -9.09. The Bertz CT molecular complexity index is 3170. The number of carbonyl (C=O) groups is 5. The Morgan fingerprint density at radius 3 is 1.40 bits per heavy atom. The van der Waals surface area contributed by atoms with E-state index in [-0.39, 0.29) is 91.9 Å². The number of nitrogens with zero attached hydrogens (tertiary/aromatic N) is 8. The van der Waals surface area contributed by atoms with Crippen LogP contribution in [0.3, 0.4) is 0 Å². The Morgan fingerprint density at radius 2 is 1.03 bits per heavy atom. The smallest absolute Gasteiger partial charge is 0.339 e. The number of anilines is 2. The van der Waals surface area contributed by atoms with Crippen molar-refractivity contribution in [1.29, 1.82) is 10.5 Å². The molecule has 21 heteroatoms. The summed E-state index contributed by atoms with van der Waals surface area (Å²) >= 11 is 0. The predicted octanol–water partition coefficient (Wildman–Crippen LogP) is 9.03. The fraction of sp³-hybridized carbons (Fsp3) is 0.281. The van der Waals surface area contributed by atoms with Crippen LogP contribution in [0.2, 0.25) is 0 Å². The van der Waals surface area contributed by atoms with Crippen LogP contribution in [0.1, 0.15) is 74.2 Å². The van der Waals surface area contributed by atoms with Gasteiger partial charge in [-0.1, -0.05) is 48.5 Å². The van der Waals surface area contributed by atoms with Crippen LogP contribution < -0.4 is 20.4 Å². The molecule has 2 atom stereocenters. The van der Waals surface area contributed by atoms with Crippen molar-refractivity contribution < 1.29 is 54.8 Å². The normalized spacial score (nSPS) is 17.7. The van der Waals surface area contributed by atoms with Crippen molar-refractivity contribution in [1.82, 2.24) is 25.3 Å². The van der Waals surface area contributed by atoms with Gasteiger partial charge in [-0.05, 0) is 96.8 Å². The van der Waals surface area contributed by atoms with Gasteiger partial charge < -0.3 is 29.8 Å². The molecule has 0 spiro atoms. The highest BCUT2D eigenvalue weighted by molar-refractivity contribution is 6.08. The molecule has 0 radical (unpaired) electrons. The number of benzene rings is 5. The van der Waals surface area contributed by atoms with E-state index in [1.807, 2.05) is 45.4 Å². The molecule has 7 amide bonds. The van der Waals surface area contributed by atoms with Crippen LogP contribution in [0.25, 0.3) is 0 Å². The molecule has 15 nitrogen and oxygen atoms in total. The summed E-state index contributed by atoms with van der Waals surface area (Å²) in [6, 6.07) is 28.5. The van der Waals surface area contributed by atoms with E-state index in [0.717, 1.165) is 39.6 Å². The molecule has 0 aliphatic carbocycles. The first-order valence-corrected chi connectivity index (χ1v) is 24.8.